The number of fused-ring (bicyclic) bond motifs is 2. The van der Waals surface area contributed by atoms with Gasteiger partial charge in [0.2, 0.25) is 11.8 Å². The van der Waals surface area contributed by atoms with Gasteiger partial charge in [-0.05, 0) is 43.0 Å². The van der Waals surface area contributed by atoms with Crippen LogP contribution in [0.1, 0.15) is 33.9 Å². The number of amides is 1. The van der Waals surface area contributed by atoms with Gasteiger partial charge in [-0.3, -0.25) is 4.79 Å². The Bertz CT molecular complexity index is 886. The lowest BCUT2D eigenvalue weighted by Gasteiger charge is -2.10. The van der Waals surface area contributed by atoms with Gasteiger partial charge in [-0.25, -0.2) is 9.97 Å². The molecule has 0 aromatic carbocycles. The van der Waals surface area contributed by atoms with Crippen LogP contribution < -0.4 is 10.1 Å². The molecule has 3 aromatic rings. The monoisotopic (exact) mass is 324 g/mol. The van der Waals surface area contributed by atoms with Crippen molar-refractivity contribution in [3.8, 4) is 5.88 Å². The highest BCUT2D eigenvalue weighted by atomic mass is 16.5. The average molecular weight is 324 g/mol. The van der Waals surface area contributed by atoms with Crippen LogP contribution in [0.2, 0.25) is 0 Å². The third-order valence-corrected chi connectivity index (χ3v) is 4.06. The normalized spacial score (nSPS) is 13.0. The van der Waals surface area contributed by atoms with Crippen LogP contribution in [-0.4, -0.2) is 28.0 Å². The molecule has 1 aliphatic carbocycles. The minimum absolute atomic E-state index is 0.176. The van der Waals surface area contributed by atoms with Crippen LogP contribution in [0, 0.1) is 0 Å². The zero-order valence-corrected chi connectivity index (χ0v) is 13.2. The zero-order chi connectivity index (χ0) is 16.5. The minimum atomic E-state index is -0.260. The molecule has 3 heterocycles. The molecule has 1 N–H and O–H groups in total. The molecule has 0 spiro atoms. The molecule has 1 aliphatic rings. The molecule has 0 saturated carbocycles. The van der Waals surface area contributed by atoms with Crippen LogP contribution in [0.15, 0.2) is 28.8 Å². The van der Waals surface area contributed by atoms with Gasteiger partial charge in [0, 0.05) is 11.9 Å². The predicted octanol–water partition coefficient (Wildman–Crippen LogP) is 2.05. The van der Waals surface area contributed by atoms with Crippen LogP contribution in [-0.2, 0) is 19.4 Å². The van der Waals surface area contributed by atoms with Gasteiger partial charge in [0.15, 0.2) is 11.2 Å². The minimum Gasteiger partial charge on any atom is -0.480 e. The number of aromatic nitrogens is 3. The maximum absolute atomic E-state index is 12.5. The summed E-state index contributed by atoms with van der Waals surface area (Å²) in [5.41, 5.74) is 3.70. The predicted molar refractivity (Wildman–Crippen MR) is 85.8 cm³/mol. The number of hydrogen-bond donors (Lipinski definition) is 1. The summed E-state index contributed by atoms with van der Waals surface area (Å²) in [4.78, 5) is 25.3. The number of nitrogens with one attached hydrogen (secondary N) is 1. The van der Waals surface area contributed by atoms with Crippen molar-refractivity contribution in [1.29, 1.82) is 0 Å². The maximum Gasteiger partial charge on any atom is 0.257 e. The van der Waals surface area contributed by atoms with Crippen molar-refractivity contribution in [1.82, 2.24) is 20.3 Å². The van der Waals surface area contributed by atoms with Gasteiger partial charge in [-0.2, -0.15) is 4.98 Å². The van der Waals surface area contributed by atoms with E-state index in [0.717, 1.165) is 30.5 Å². The fourth-order valence-electron chi connectivity index (χ4n) is 2.91. The first kappa shape index (κ1) is 14.6. The van der Waals surface area contributed by atoms with Crippen molar-refractivity contribution >= 4 is 17.1 Å². The molecule has 3 aromatic heterocycles. The second-order valence-corrected chi connectivity index (χ2v) is 5.62. The molecule has 7 nitrogen and oxygen atoms in total. The van der Waals surface area contributed by atoms with E-state index in [-0.39, 0.29) is 12.5 Å². The van der Waals surface area contributed by atoms with Gasteiger partial charge in [0.1, 0.15) is 5.56 Å². The number of carbonyl (C=O) groups is 1. The van der Waals surface area contributed by atoms with Crippen molar-refractivity contribution in [3.05, 3.63) is 47.1 Å². The zero-order valence-electron chi connectivity index (χ0n) is 13.2. The molecule has 0 bridgehead atoms. The van der Waals surface area contributed by atoms with Crippen LogP contribution in [0.25, 0.3) is 11.2 Å². The summed E-state index contributed by atoms with van der Waals surface area (Å²) >= 11 is 0. The first-order valence-electron chi connectivity index (χ1n) is 7.80. The largest absolute Gasteiger partial charge is 0.480 e. The Morgan fingerprint density at radius 3 is 3.12 bits per heavy atom. The van der Waals surface area contributed by atoms with Gasteiger partial charge >= 0.3 is 0 Å². The van der Waals surface area contributed by atoms with E-state index in [1.54, 1.807) is 18.3 Å². The molecule has 0 saturated heterocycles. The fourth-order valence-corrected chi connectivity index (χ4v) is 2.91. The Kier molecular flexibility index (Phi) is 3.60. The molecule has 1 amide bonds. The quantitative estimate of drug-likeness (QED) is 0.790. The first-order chi connectivity index (χ1) is 11.7. The Morgan fingerprint density at radius 2 is 2.29 bits per heavy atom. The molecule has 0 unspecified atom stereocenters. The Labute approximate surface area is 138 Å². The van der Waals surface area contributed by atoms with Gasteiger partial charge in [-0.15, -0.1) is 0 Å². The Hall–Kier alpha value is -2.96. The van der Waals surface area contributed by atoms with Crippen LogP contribution in [0.3, 0.4) is 0 Å². The lowest BCUT2D eigenvalue weighted by Crippen LogP contribution is -2.24. The average Bonchev–Trinajstić information content (AvgIpc) is 3.23. The van der Waals surface area contributed by atoms with E-state index in [1.807, 2.05) is 6.07 Å². The number of ether oxygens (including phenoxy) is 1. The third-order valence-electron chi connectivity index (χ3n) is 4.06. The molecule has 0 aliphatic heterocycles. The standard InChI is InChI=1S/C17H16N4O3/c1-23-17-11(8-10-4-2-5-12(10)20-17)16(22)19-9-14-21-15-13(24-14)6-3-7-18-15/h3,6-8H,2,4-5,9H2,1H3,(H,19,22). The highest BCUT2D eigenvalue weighted by Gasteiger charge is 2.21. The van der Waals surface area contributed by atoms with E-state index >= 15 is 0 Å². The number of carbonyl (C=O) groups excluding carboxylic acids is 1. The molecule has 24 heavy (non-hydrogen) atoms. The molecule has 0 radical (unpaired) electrons. The lowest BCUT2D eigenvalue weighted by atomic mass is 10.1. The summed E-state index contributed by atoms with van der Waals surface area (Å²) < 4.78 is 10.8. The summed E-state index contributed by atoms with van der Waals surface area (Å²) in [5.74, 6) is 0.502. The number of pyridine rings is 2. The van der Waals surface area contributed by atoms with E-state index in [0.29, 0.717) is 28.6 Å². The van der Waals surface area contributed by atoms with Crippen molar-refractivity contribution in [3.63, 3.8) is 0 Å². The van der Waals surface area contributed by atoms with E-state index < -0.39 is 0 Å². The summed E-state index contributed by atoms with van der Waals surface area (Å²) in [5, 5.41) is 2.80. The second kappa shape index (κ2) is 5.92. The highest BCUT2D eigenvalue weighted by molar-refractivity contribution is 5.96. The van der Waals surface area contributed by atoms with Crippen molar-refractivity contribution in [2.45, 2.75) is 25.8 Å². The van der Waals surface area contributed by atoms with Crippen molar-refractivity contribution in [2.24, 2.45) is 0 Å². The van der Waals surface area contributed by atoms with E-state index in [1.165, 1.54) is 7.11 Å². The Balaban J connectivity index is 1.53. The molecule has 4 rings (SSSR count). The molecule has 0 fully saturated rings. The molecule has 122 valence electrons. The van der Waals surface area contributed by atoms with Gasteiger partial charge in [-0.1, -0.05) is 0 Å². The number of aryl methyl sites for hydroxylation is 2. The van der Waals surface area contributed by atoms with Gasteiger partial charge in [0.25, 0.3) is 5.91 Å². The molecular formula is C17H16N4O3. The van der Waals surface area contributed by atoms with Crippen LogP contribution in [0.4, 0.5) is 0 Å². The van der Waals surface area contributed by atoms with E-state index in [2.05, 4.69) is 20.3 Å². The molecule has 0 atom stereocenters. The molecular weight excluding hydrogens is 308 g/mol. The topological polar surface area (TPSA) is 90.1 Å². The van der Waals surface area contributed by atoms with Gasteiger partial charge in [0.05, 0.1) is 13.7 Å². The number of oxazole rings is 1. The maximum atomic E-state index is 12.5. The van der Waals surface area contributed by atoms with E-state index in [4.69, 9.17) is 9.15 Å². The number of methoxy groups -OCH3 is 1. The summed E-state index contributed by atoms with van der Waals surface area (Å²) in [6, 6.07) is 5.43. The Morgan fingerprint density at radius 1 is 1.38 bits per heavy atom. The van der Waals surface area contributed by atoms with Crippen molar-refractivity contribution < 1.29 is 13.9 Å². The van der Waals surface area contributed by atoms with Crippen molar-refractivity contribution in [2.75, 3.05) is 7.11 Å². The van der Waals surface area contributed by atoms with Crippen LogP contribution in [0.5, 0.6) is 5.88 Å². The number of rotatable bonds is 4. The third kappa shape index (κ3) is 2.58. The molecule has 7 heteroatoms. The van der Waals surface area contributed by atoms with E-state index in [9.17, 15) is 4.79 Å². The fraction of sp³-hybridized carbons (Fsp3) is 0.294. The second-order valence-electron chi connectivity index (χ2n) is 5.62. The summed E-state index contributed by atoms with van der Waals surface area (Å²) in [7, 11) is 1.52. The smallest absolute Gasteiger partial charge is 0.257 e. The van der Waals surface area contributed by atoms with Crippen LogP contribution >= 0.6 is 0 Å². The SMILES string of the molecule is COc1nc2c(cc1C(=O)NCc1nc3ncccc3o1)CCC2. The summed E-state index contributed by atoms with van der Waals surface area (Å²) in [6.07, 6.45) is 4.59. The number of hydrogen-bond acceptors (Lipinski definition) is 6. The number of nitrogens with zero attached hydrogens (tertiary/aromatic N) is 3. The highest BCUT2D eigenvalue weighted by Crippen LogP contribution is 2.26. The first-order valence-corrected chi connectivity index (χ1v) is 7.80. The lowest BCUT2D eigenvalue weighted by molar-refractivity contribution is 0.0943. The summed E-state index contributed by atoms with van der Waals surface area (Å²) in [6.45, 7) is 0.176. The van der Waals surface area contributed by atoms with Gasteiger partial charge < -0.3 is 14.5 Å².